The quantitative estimate of drug-likeness (QED) is 0.883. The molecule has 1 aromatic rings. The molecule has 6 heteroatoms. The number of ether oxygens (including phenoxy) is 1. The van der Waals surface area contributed by atoms with Gasteiger partial charge < -0.3 is 15.0 Å². The Kier molecular flexibility index (Phi) is 5.90. The summed E-state index contributed by atoms with van der Waals surface area (Å²) in [6.07, 6.45) is 3.49. The maximum Gasteiger partial charge on any atom is 0.260 e. The lowest BCUT2D eigenvalue weighted by molar-refractivity contribution is -0.133. The van der Waals surface area contributed by atoms with Gasteiger partial charge in [0.05, 0.1) is 0 Å². The van der Waals surface area contributed by atoms with Crippen molar-refractivity contribution < 1.29 is 9.53 Å². The van der Waals surface area contributed by atoms with Gasteiger partial charge in [0.2, 0.25) is 0 Å². The predicted octanol–water partition coefficient (Wildman–Crippen LogP) is 2.60. The maximum absolute atomic E-state index is 12.2. The topological polar surface area (TPSA) is 41.6 Å². The molecule has 2 bridgehead atoms. The van der Waals surface area contributed by atoms with Crippen LogP contribution in [0.15, 0.2) is 28.7 Å². The number of carbonyl (C=O) groups is 1. The fourth-order valence-electron chi connectivity index (χ4n) is 2.96. The number of fused-ring (bicyclic) bond motifs is 2. The zero-order valence-electron chi connectivity index (χ0n) is 11.8. The van der Waals surface area contributed by atoms with Crippen LogP contribution in [0.2, 0.25) is 0 Å². The standard InChI is InChI=1S/C15H19BrN2O2.ClH/c16-11-2-1-3-14(8-11)20-10-15(19)18-7-6-12-4-5-13(9-18)17-12;/h1-3,8,12-13,17H,4-7,9-10H2;1H. The van der Waals surface area contributed by atoms with E-state index in [9.17, 15) is 4.79 Å². The third-order valence-electron chi connectivity index (χ3n) is 4.03. The van der Waals surface area contributed by atoms with Gasteiger partial charge in [-0.2, -0.15) is 0 Å². The van der Waals surface area contributed by atoms with Crippen LogP contribution < -0.4 is 10.1 Å². The van der Waals surface area contributed by atoms with Crippen molar-refractivity contribution in [2.75, 3.05) is 19.7 Å². The molecule has 3 rings (SSSR count). The van der Waals surface area contributed by atoms with Gasteiger partial charge in [-0.25, -0.2) is 0 Å². The monoisotopic (exact) mass is 374 g/mol. The lowest BCUT2D eigenvalue weighted by Crippen LogP contribution is -2.41. The molecule has 2 heterocycles. The SMILES string of the molecule is Cl.O=C(COc1cccc(Br)c1)N1CCC2CCC(C1)N2. The van der Waals surface area contributed by atoms with E-state index in [0.717, 1.165) is 29.7 Å². The summed E-state index contributed by atoms with van der Waals surface area (Å²) in [5, 5.41) is 3.58. The third kappa shape index (κ3) is 4.34. The third-order valence-corrected chi connectivity index (χ3v) is 4.53. The zero-order valence-corrected chi connectivity index (χ0v) is 14.2. The van der Waals surface area contributed by atoms with Crippen LogP contribution in [0.25, 0.3) is 0 Å². The van der Waals surface area contributed by atoms with Gasteiger partial charge in [-0.05, 0) is 37.5 Å². The van der Waals surface area contributed by atoms with Gasteiger partial charge in [-0.3, -0.25) is 4.79 Å². The first kappa shape index (κ1) is 16.6. The first-order chi connectivity index (χ1) is 9.70. The molecule has 2 atom stereocenters. The number of carbonyl (C=O) groups excluding carboxylic acids is 1. The first-order valence-electron chi connectivity index (χ1n) is 7.13. The Labute approximate surface area is 139 Å². The van der Waals surface area contributed by atoms with Crippen LogP contribution in [0.1, 0.15) is 19.3 Å². The summed E-state index contributed by atoms with van der Waals surface area (Å²) in [5.74, 6) is 0.807. The number of likely N-dealkylation sites (tertiary alicyclic amines) is 1. The molecular weight excluding hydrogens is 356 g/mol. The molecule has 0 spiro atoms. The van der Waals surface area contributed by atoms with E-state index in [2.05, 4.69) is 21.2 Å². The second kappa shape index (κ2) is 7.47. The van der Waals surface area contributed by atoms with Crippen LogP contribution in [0.5, 0.6) is 5.75 Å². The van der Waals surface area contributed by atoms with Crippen molar-refractivity contribution in [1.82, 2.24) is 10.2 Å². The number of hydrogen-bond donors (Lipinski definition) is 1. The molecule has 0 radical (unpaired) electrons. The molecule has 2 unspecified atom stereocenters. The molecule has 2 saturated heterocycles. The van der Waals surface area contributed by atoms with Crippen LogP contribution in [-0.2, 0) is 4.79 Å². The Morgan fingerprint density at radius 1 is 1.33 bits per heavy atom. The van der Waals surface area contributed by atoms with Crippen molar-refractivity contribution >= 4 is 34.2 Å². The summed E-state index contributed by atoms with van der Waals surface area (Å²) in [4.78, 5) is 14.2. The molecule has 0 aliphatic carbocycles. The minimum atomic E-state index is 0. The number of hydrogen-bond acceptors (Lipinski definition) is 3. The van der Waals surface area contributed by atoms with E-state index in [1.165, 1.54) is 12.8 Å². The fraction of sp³-hybridized carbons (Fsp3) is 0.533. The highest BCUT2D eigenvalue weighted by atomic mass is 79.9. The van der Waals surface area contributed by atoms with Crippen molar-refractivity contribution in [3.8, 4) is 5.75 Å². The summed E-state index contributed by atoms with van der Waals surface area (Å²) >= 11 is 3.39. The number of amides is 1. The molecule has 1 N–H and O–H groups in total. The van der Waals surface area contributed by atoms with Gasteiger partial charge in [-0.1, -0.05) is 22.0 Å². The van der Waals surface area contributed by atoms with Crippen molar-refractivity contribution in [1.29, 1.82) is 0 Å². The predicted molar refractivity (Wildman–Crippen MR) is 88.0 cm³/mol. The van der Waals surface area contributed by atoms with Crippen molar-refractivity contribution in [3.05, 3.63) is 28.7 Å². The highest BCUT2D eigenvalue weighted by Crippen LogP contribution is 2.21. The second-order valence-corrected chi connectivity index (χ2v) is 6.43. The molecule has 1 aromatic carbocycles. The molecule has 0 aromatic heterocycles. The number of halogens is 2. The van der Waals surface area contributed by atoms with E-state index < -0.39 is 0 Å². The second-order valence-electron chi connectivity index (χ2n) is 5.51. The highest BCUT2D eigenvalue weighted by Gasteiger charge is 2.31. The number of benzene rings is 1. The van der Waals surface area contributed by atoms with Crippen molar-refractivity contribution in [3.63, 3.8) is 0 Å². The number of rotatable bonds is 3. The average Bonchev–Trinajstić information content (AvgIpc) is 2.76. The molecule has 2 fully saturated rings. The lowest BCUT2D eigenvalue weighted by atomic mass is 10.1. The van der Waals surface area contributed by atoms with E-state index in [-0.39, 0.29) is 24.9 Å². The smallest absolute Gasteiger partial charge is 0.260 e. The largest absolute Gasteiger partial charge is 0.484 e. The summed E-state index contributed by atoms with van der Waals surface area (Å²) < 4.78 is 6.54. The number of nitrogens with zero attached hydrogens (tertiary/aromatic N) is 1. The van der Waals surface area contributed by atoms with Gasteiger partial charge in [0.15, 0.2) is 6.61 Å². The molecular formula is C15H20BrClN2O2. The van der Waals surface area contributed by atoms with Crippen LogP contribution in [-0.4, -0.2) is 42.6 Å². The van der Waals surface area contributed by atoms with E-state index in [0.29, 0.717) is 12.1 Å². The Morgan fingerprint density at radius 3 is 2.95 bits per heavy atom. The van der Waals surface area contributed by atoms with E-state index in [4.69, 9.17) is 4.74 Å². The highest BCUT2D eigenvalue weighted by molar-refractivity contribution is 9.10. The molecule has 2 aliphatic rings. The summed E-state index contributed by atoms with van der Waals surface area (Å²) in [7, 11) is 0. The lowest BCUT2D eigenvalue weighted by Gasteiger charge is -2.24. The van der Waals surface area contributed by atoms with Gasteiger partial charge in [-0.15, -0.1) is 12.4 Å². The molecule has 116 valence electrons. The molecule has 2 aliphatic heterocycles. The minimum Gasteiger partial charge on any atom is -0.484 e. The van der Waals surface area contributed by atoms with Crippen LogP contribution in [0, 0.1) is 0 Å². The first-order valence-corrected chi connectivity index (χ1v) is 7.92. The Bertz CT molecular complexity index is 500. The molecule has 1 amide bonds. The minimum absolute atomic E-state index is 0. The molecule has 0 saturated carbocycles. The normalized spacial score (nSPS) is 24.1. The van der Waals surface area contributed by atoms with Crippen molar-refractivity contribution in [2.24, 2.45) is 0 Å². The van der Waals surface area contributed by atoms with Gasteiger partial charge in [0, 0.05) is 29.6 Å². The van der Waals surface area contributed by atoms with Crippen LogP contribution in [0.3, 0.4) is 0 Å². The molecule has 4 nitrogen and oxygen atoms in total. The number of nitrogens with one attached hydrogen (secondary N) is 1. The van der Waals surface area contributed by atoms with Gasteiger partial charge in [0.1, 0.15) is 5.75 Å². The summed E-state index contributed by atoms with van der Waals surface area (Å²) in [5.41, 5.74) is 0. The van der Waals surface area contributed by atoms with E-state index >= 15 is 0 Å². The van der Waals surface area contributed by atoms with Crippen LogP contribution in [0.4, 0.5) is 0 Å². The zero-order chi connectivity index (χ0) is 13.9. The Hall–Kier alpha value is -0.780. The van der Waals surface area contributed by atoms with E-state index in [1.807, 2.05) is 29.2 Å². The summed E-state index contributed by atoms with van der Waals surface area (Å²) in [6, 6.07) is 8.65. The summed E-state index contributed by atoms with van der Waals surface area (Å²) in [6.45, 7) is 1.78. The molecule has 21 heavy (non-hydrogen) atoms. The average molecular weight is 376 g/mol. The van der Waals surface area contributed by atoms with Gasteiger partial charge in [0.25, 0.3) is 5.91 Å². The van der Waals surface area contributed by atoms with Crippen molar-refractivity contribution in [2.45, 2.75) is 31.3 Å². The Morgan fingerprint density at radius 2 is 2.14 bits per heavy atom. The van der Waals surface area contributed by atoms with E-state index in [1.54, 1.807) is 0 Å². The van der Waals surface area contributed by atoms with Crippen LogP contribution >= 0.6 is 28.3 Å². The van der Waals surface area contributed by atoms with Gasteiger partial charge >= 0.3 is 0 Å². The fourth-order valence-corrected chi connectivity index (χ4v) is 3.34. The maximum atomic E-state index is 12.2. The Balaban J connectivity index is 0.00000161.